The second-order valence-electron chi connectivity index (χ2n) is 4.53. The van der Waals surface area contributed by atoms with Gasteiger partial charge in [0.2, 0.25) is 10.0 Å². The van der Waals surface area contributed by atoms with Gasteiger partial charge in [-0.25, -0.2) is 13.1 Å². The second kappa shape index (κ2) is 5.58. The minimum absolute atomic E-state index is 0.300. The Morgan fingerprint density at radius 3 is 2.84 bits per heavy atom. The third-order valence-corrected chi connectivity index (χ3v) is 4.41. The van der Waals surface area contributed by atoms with Crippen LogP contribution in [0.1, 0.15) is 17.7 Å². The molecule has 0 spiro atoms. The molecular weight excluding hydrogens is 264 g/mol. The summed E-state index contributed by atoms with van der Waals surface area (Å²) in [5.41, 5.74) is 2.16. The van der Waals surface area contributed by atoms with Crippen molar-refractivity contribution < 1.29 is 8.42 Å². The topological polar surface area (TPSA) is 79.8 Å². The van der Waals surface area contributed by atoms with Gasteiger partial charge in [0.1, 0.15) is 0 Å². The molecule has 2 aromatic heterocycles. The average Bonchev–Trinajstić information content (AvgIpc) is 2.94. The van der Waals surface area contributed by atoms with Gasteiger partial charge in [-0.2, -0.15) is 5.10 Å². The third kappa shape index (κ3) is 3.45. The first-order chi connectivity index (χ1) is 8.99. The zero-order valence-corrected chi connectivity index (χ0v) is 11.9. The van der Waals surface area contributed by atoms with Gasteiger partial charge >= 0.3 is 0 Å². The van der Waals surface area contributed by atoms with Crippen LogP contribution in [0.4, 0.5) is 0 Å². The van der Waals surface area contributed by atoms with Gasteiger partial charge < -0.3 is 4.57 Å². The number of nitrogens with one attached hydrogen (secondary N) is 2. The molecule has 0 saturated heterocycles. The fourth-order valence-electron chi connectivity index (χ4n) is 1.83. The number of sulfonamides is 1. The molecule has 0 bridgehead atoms. The Labute approximate surface area is 112 Å². The van der Waals surface area contributed by atoms with Gasteiger partial charge in [0.15, 0.2) is 0 Å². The summed E-state index contributed by atoms with van der Waals surface area (Å²) >= 11 is 0. The molecule has 2 N–H and O–H groups in total. The van der Waals surface area contributed by atoms with E-state index in [0.29, 0.717) is 11.4 Å². The Morgan fingerprint density at radius 2 is 2.26 bits per heavy atom. The SMILES string of the molecule is Cc1[nH]ncc1CCCNS(=O)(=O)c1ccn(C)c1. The van der Waals surface area contributed by atoms with Crippen molar-refractivity contribution in [3.8, 4) is 0 Å². The molecule has 0 aromatic carbocycles. The van der Waals surface area contributed by atoms with Crippen molar-refractivity contribution in [3.63, 3.8) is 0 Å². The lowest BCUT2D eigenvalue weighted by Crippen LogP contribution is -2.24. The van der Waals surface area contributed by atoms with Crippen LogP contribution in [0, 0.1) is 6.92 Å². The van der Waals surface area contributed by atoms with Gasteiger partial charge in [0, 0.05) is 31.7 Å². The number of nitrogens with zero attached hydrogens (tertiary/aromatic N) is 2. The summed E-state index contributed by atoms with van der Waals surface area (Å²) in [5, 5.41) is 6.80. The van der Waals surface area contributed by atoms with E-state index >= 15 is 0 Å². The molecule has 2 rings (SSSR count). The quantitative estimate of drug-likeness (QED) is 0.775. The van der Waals surface area contributed by atoms with Crippen LogP contribution in [-0.4, -0.2) is 29.7 Å². The highest BCUT2D eigenvalue weighted by molar-refractivity contribution is 7.89. The van der Waals surface area contributed by atoms with E-state index in [9.17, 15) is 8.42 Å². The number of aromatic nitrogens is 3. The van der Waals surface area contributed by atoms with E-state index in [-0.39, 0.29) is 0 Å². The van der Waals surface area contributed by atoms with Crippen LogP contribution in [0.2, 0.25) is 0 Å². The molecule has 6 nitrogen and oxygen atoms in total. The lowest BCUT2D eigenvalue weighted by molar-refractivity contribution is 0.579. The molecule has 0 radical (unpaired) electrons. The first-order valence-electron chi connectivity index (χ1n) is 6.09. The normalized spacial score (nSPS) is 11.9. The number of aryl methyl sites for hydroxylation is 3. The van der Waals surface area contributed by atoms with Crippen LogP contribution in [0.5, 0.6) is 0 Å². The number of aromatic amines is 1. The van der Waals surface area contributed by atoms with Gasteiger partial charge in [-0.1, -0.05) is 0 Å². The lowest BCUT2D eigenvalue weighted by atomic mass is 10.1. The summed E-state index contributed by atoms with van der Waals surface area (Å²) in [7, 11) is -1.59. The van der Waals surface area contributed by atoms with Crippen molar-refractivity contribution >= 4 is 10.0 Å². The fraction of sp³-hybridized carbons (Fsp3) is 0.417. The molecule has 0 fully saturated rings. The maximum absolute atomic E-state index is 11.9. The molecule has 19 heavy (non-hydrogen) atoms. The monoisotopic (exact) mass is 282 g/mol. The van der Waals surface area contributed by atoms with E-state index < -0.39 is 10.0 Å². The molecule has 0 aliphatic heterocycles. The summed E-state index contributed by atoms with van der Waals surface area (Å²) in [5.74, 6) is 0. The van der Waals surface area contributed by atoms with Gasteiger partial charge in [-0.15, -0.1) is 0 Å². The molecule has 0 aliphatic carbocycles. The van der Waals surface area contributed by atoms with Gasteiger partial charge in [-0.05, 0) is 31.4 Å². The number of H-pyrrole nitrogens is 1. The van der Waals surface area contributed by atoms with E-state index in [4.69, 9.17) is 0 Å². The lowest BCUT2D eigenvalue weighted by Gasteiger charge is -2.04. The molecule has 104 valence electrons. The molecule has 2 aromatic rings. The van der Waals surface area contributed by atoms with Crippen molar-refractivity contribution in [1.82, 2.24) is 19.5 Å². The molecule has 2 heterocycles. The highest BCUT2D eigenvalue weighted by Crippen LogP contribution is 2.09. The van der Waals surface area contributed by atoms with Crippen LogP contribution >= 0.6 is 0 Å². The van der Waals surface area contributed by atoms with Gasteiger partial charge in [-0.3, -0.25) is 5.10 Å². The first kappa shape index (κ1) is 13.8. The Balaban J connectivity index is 1.84. The summed E-state index contributed by atoms with van der Waals surface area (Å²) in [6.45, 7) is 2.37. The summed E-state index contributed by atoms with van der Waals surface area (Å²) in [4.78, 5) is 0.300. The minimum atomic E-state index is -3.38. The average molecular weight is 282 g/mol. The van der Waals surface area contributed by atoms with Crippen LogP contribution < -0.4 is 4.72 Å². The molecule has 0 unspecified atom stereocenters. The second-order valence-corrected chi connectivity index (χ2v) is 6.30. The van der Waals surface area contributed by atoms with Gasteiger partial charge in [0.05, 0.1) is 11.1 Å². The molecule has 0 aliphatic rings. The van der Waals surface area contributed by atoms with Crippen molar-refractivity contribution in [1.29, 1.82) is 0 Å². The number of hydrogen-bond donors (Lipinski definition) is 2. The summed E-state index contributed by atoms with van der Waals surface area (Å²) < 4.78 is 28.2. The van der Waals surface area contributed by atoms with Crippen LogP contribution in [0.25, 0.3) is 0 Å². The highest BCUT2D eigenvalue weighted by Gasteiger charge is 2.14. The Kier molecular flexibility index (Phi) is 4.06. The van der Waals surface area contributed by atoms with Gasteiger partial charge in [0.25, 0.3) is 0 Å². The molecule has 0 atom stereocenters. The van der Waals surface area contributed by atoms with Crippen LogP contribution in [0.3, 0.4) is 0 Å². The van der Waals surface area contributed by atoms with Crippen molar-refractivity contribution in [2.24, 2.45) is 7.05 Å². The van der Waals surface area contributed by atoms with Crippen molar-refractivity contribution in [2.45, 2.75) is 24.7 Å². The highest BCUT2D eigenvalue weighted by atomic mass is 32.2. The Bertz CT molecular complexity index is 642. The number of hydrogen-bond acceptors (Lipinski definition) is 3. The van der Waals surface area contributed by atoms with E-state index in [1.807, 2.05) is 6.92 Å². The van der Waals surface area contributed by atoms with E-state index in [2.05, 4.69) is 14.9 Å². The van der Waals surface area contributed by atoms with Crippen molar-refractivity contribution in [3.05, 3.63) is 35.9 Å². The molecule has 0 amide bonds. The maximum Gasteiger partial charge on any atom is 0.242 e. The molecular formula is C12H18N4O2S. The summed E-state index contributed by atoms with van der Waals surface area (Å²) in [6.07, 6.45) is 6.62. The maximum atomic E-state index is 11.9. The van der Waals surface area contributed by atoms with Crippen molar-refractivity contribution in [2.75, 3.05) is 6.54 Å². The standard InChI is InChI=1S/C12H18N4O2S/c1-10-11(8-13-15-10)4-3-6-14-19(17,18)12-5-7-16(2)9-12/h5,7-9,14H,3-4,6H2,1-2H3,(H,13,15). The smallest absolute Gasteiger partial charge is 0.242 e. The predicted molar refractivity (Wildman–Crippen MR) is 72.2 cm³/mol. The van der Waals surface area contributed by atoms with E-state index in [0.717, 1.165) is 24.1 Å². The number of rotatable bonds is 6. The molecule has 0 saturated carbocycles. The Hall–Kier alpha value is -1.60. The van der Waals surface area contributed by atoms with Crippen LogP contribution in [0.15, 0.2) is 29.6 Å². The van der Waals surface area contributed by atoms with E-state index in [1.165, 1.54) is 0 Å². The zero-order chi connectivity index (χ0) is 13.9. The predicted octanol–water partition coefficient (Wildman–Crippen LogP) is 0.968. The Morgan fingerprint density at radius 1 is 1.47 bits per heavy atom. The third-order valence-electron chi connectivity index (χ3n) is 2.96. The minimum Gasteiger partial charge on any atom is -0.356 e. The van der Waals surface area contributed by atoms with Crippen LogP contribution in [-0.2, 0) is 23.5 Å². The van der Waals surface area contributed by atoms with E-state index in [1.54, 1.807) is 36.3 Å². The fourth-order valence-corrected chi connectivity index (χ4v) is 2.96. The first-order valence-corrected chi connectivity index (χ1v) is 7.58. The zero-order valence-electron chi connectivity index (χ0n) is 11.0. The largest absolute Gasteiger partial charge is 0.356 e. The summed E-state index contributed by atoms with van der Waals surface area (Å²) in [6, 6.07) is 1.59. The molecule has 7 heteroatoms.